The number of benzene rings is 1. The molecule has 0 bridgehead atoms. The van der Waals surface area contributed by atoms with Gasteiger partial charge in [-0.3, -0.25) is 14.3 Å². The second-order valence-electron chi connectivity index (χ2n) is 5.81. The summed E-state index contributed by atoms with van der Waals surface area (Å²) in [4.78, 5) is 24.4. The molecular weight excluding hydrogens is 327 g/mol. The monoisotopic (exact) mass is 341 g/mol. The van der Waals surface area contributed by atoms with E-state index in [-0.39, 0.29) is 13.1 Å². The molecule has 1 N–H and O–H groups in total. The standard InChI is InChI=1S/C15H14F3N3O3/c16-15(17,18)14(13(23)24)5-6-20(9-14)12(22)8-21-11-4-2-1-3-10(11)7-19-21/h1-4,7H,5-6,8-9H2,(H,23,24). The maximum absolute atomic E-state index is 13.2. The molecule has 1 aromatic carbocycles. The van der Waals surface area contributed by atoms with E-state index in [0.29, 0.717) is 5.52 Å². The predicted octanol–water partition coefficient (Wildman–Crippen LogP) is 1.90. The van der Waals surface area contributed by atoms with Crippen molar-refractivity contribution in [2.75, 3.05) is 13.1 Å². The van der Waals surface area contributed by atoms with Gasteiger partial charge in [-0.2, -0.15) is 18.3 Å². The van der Waals surface area contributed by atoms with Gasteiger partial charge < -0.3 is 10.0 Å². The Morgan fingerprint density at radius 2 is 2.00 bits per heavy atom. The van der Waals surface area contributed by atoms with Crippen molar-refractivity contribution >= 4 is 22.8 Å². The van der Waals surface area contributed by atoms with E-state index in [0.717, 1.165) is 10.3 Å². The summed E-state index contributed by atoms with van der Waals surface area (Å²) in [5, 5.41) is 13.9. The van der Waals surface area contributed by atoms with Gasteiger partial charge in [-0.25, -0.2) is 0 Å². The van der Waals surface area contributed by atoms with Crippen molar-refractivity contribution in [3.63, 3.8) is 0 Å². The lowest BCUT2D eigenvalue weighted by atomic mass is 9.86. The number of hydrogen-bond donors (Lipinski definition) is 1. The summed E-state index contributed by atoms with van der Waals surface area (Å²) in [7, 11) is 0. The van der Waals surface area contributed by atoms with Gasteiger partial charge >= 0.3 is 12.1 Å². The van der Waals surface area contributed by atoms with E-state index >= 15 is 0 Å². The number of alkyl halides is 3. The van der Waals surface area contributed by atoms with Gasteiger partial charge in [-0.05, 0) is 12.5 Å². The zero-order valence-electron chi connectivity index (χ0n) is 12.5. The molecule has 1 amide bonds. The van der Waals surface area contributed by atoms with Crippen molar-refractivity contribution in [3.8, 4) is 0 Å². The number of carboxylic acid groups (broad SMARTS) is 1. The van der Waals surface area contributed by atoms with E-state index in [2.05, 4.69) is 5.10 Å². The number of rotatable bonds is 3. The molecule has 24 heavy (non-hydrogen) atoms. The van der Waals surface area contributed by atoms with Crippen LogP contribution in [0.3, 0.4) is 0 Å². The van der Waals surface area contributed by atoms with Crippen LogP contribution >= 0.6 is 0 Å². The minimum atomic E-state index is -4.91. The average Bonchev–Trinajstić information content (AvgIpc) is 3.12. The zero-order valence-corrected chi connectivity index (χ0v) is 12.5. The number of fused-ring (bicyclic) bond motifs is 1. The minimum absolute atomic E-state index is 0.235. The fraction of sp³-hybridized carbons (Fsp3) is 0.400. The number of likely N-dealkylation sites (tertiary alicyclic amines) is 1. The van der Waals surface area contributed by atoms with E-state index in [1.165, 1.54) is 4.68 Å². The molecule has 6 nitrogen and oxygen atoms in total. The summed E-state index contributed by atoms with van der Waals surface area (Å²) in [5.74, 6) is -2.54. The molecule has 3 rings (SSSR count). The molecule has 0 saturated carbocycles. The predicted molar refractivity (Wildman–Crippen MR) is 77.1 cm³/mol. The molecule has 1 unspecified atom stereocenters. The lowest BCUT2D eigenvalue weighted by Gasteiger charge is -2.27. The quantitative estimate of drug-likeness (QED) is 0.925. The Hall–Kier alpha value is -2.58. The fourth-order valence-corrected chi connectivity index (χ4v) is 2.93. The molecule has 9 heteroatoms. The Labute approximate surface area is 134 Å². The van der Waals surface area contributed by atoms with Crippen molar-refractivity contribution < 1.29 is 27.9 Å². The van der Waals surface area contributed by atoms with Gasteiger partial charge in [0.25, 0.3) is 0 Å². The number of aliphatic carboxylic acids is 1. The summed E-state index contributed by atoms with van der Waals surface area (Å²) in [6, 6.07) is 7.12. The van der Waals surface area contributed by atoms with Crippen LogP contribution in [-0.2, 0) is 16.1 Å². The molecule has 0 aliphatic carbocycles. The van der Waals surface area contributed by atoms with Crippen molar-refractivity contribution in [1.29, 1.82) is 0 Å². The number of carbonyl (C=O) groups is 2. The van der Waals surface area contributed by atoms with Gasteiger partial charge in [0.15, 0.2) is 5.41 Å². The number of carboxylic acids is 1. The molecular formula is C15H14F3N3O3. The molecule has 1 aliphatic heterocycles. The largest absolute Gasteiger partial charge is 0.481 e. The molecule has 128 valence electrons. The third-order valence-electron chi connectivity index (χ3n) is 4.41. The maximum atomic E-state index is 13.2. The Kier molecular flexibility index (Phi) is 3.73. The third kappa shape index (κ3) is 2.49. The number of hydrogen-bond acceptors (Lipinski definition) is 3. The highest BCUT2D eigenvalue weighted by molar-refractivity contribution is 5.83. The van der Waals surface area contributed by atoms with E-state index in [9.17, 15) is 22.8 Å². The van der Waals surface area contributed by atoms with E-state index in [1.54, 1.807) is 30.5 Å². The van der Waals surface area contributed by atoms with Crippen LogP contribution in [0.1, 0.15) is 6.42 Å². The smallest absolute Gasteiger partial charge is 0.406 e. The Morgan fingerprint density at radius 1 is 1.29 bits per heavy atom. The van der Waals surface area contributed by atoms with E-state index in [4.69, 9.17) is 5.11 Å². The average molecular weight is 341 g/mol. The zero-order chi connectivity index (χ0) is 17.5. The Bertz CT molecular complexity index is 802. The van der Waals surface area contributed by atoms with Crippen LogP contribution in [0.25, 0.3) is 10.9 Å². The van der Waals surface area contributed by atoms with Crippen LogP contribution in [0.4, 0.5) is 13.2 Å². The molecule has 2 heterocycles. The first-order chi connectivity index (χ1) is 11.2. The van der Waals surface area contributed by atoms with Crippen molar-refractivity contribution in [2.24, 2.45) is 5.41 Å². The first-order valence-electron chi connectivity index (χ1n) is 7.23. The number of nitrogens with zero attached hydrogens (tertiary/aromatic N) is 3. The summed E-state index contributed by atoms with van der Waals surface area (Å²) in [6.45, 7) is -1.35. The normalized spacial score (nSPS) is 21.4. The highest BCUT2D eigenvalue weighted by Crippen LogP contribution is 2.45. The minimum Gasteiger partial charge on any atom is -0.481 e. The van der Waals surface area contributed by atoms with Gasteiger partial charge in [-0.1, -0.05) is 18.2 Å². The number of para-hydroxylation sites is 1. The molecule has 1 fully saturated rings. The van der Waals surface area contributed by atoms with Crippen LogP contribution in [0, 0.1) is 5.41 Å². The second-order valence-corrected chi connectivity index (χ2v) is 5.81. The molecule has 1 atom stereocenters. The summed E-state index contributed by atoms with van der Waals surface area (Å²) in [5.41, 5.74) is -2.21. The van der Waals surface area contributed by atoms with Crippen LogP contribution in [-0.4, -0.2) is 50.9 Å². The first kappa shape index (κ1) is 16.3. The first-order valence-corrected chi connectivity index (χ1v) is 7.23. The van der Waals surface area contributed by atoms with Crippen molar-refractivity contribution in [1.82, 2.24) is 14.7 Å². The van der Waals surface area contributed by atoms with Crippen molar-refractivity contribution in [2.45, 2.75) is 19.1 Å². The van der Waals surface area contributed by atoms with Gasteiger partial charge in [-0.15, -0.1) is 0 Å². The maximum Gasteiger partial charge on any atom is 0.406 e. The van der Waals surface area contributed by atoms with Crippen LogP contribution in [0.2, 0.25) is 0 Å². The molecule has 2 aromatic rings. The molecule has 1 saturated heterocycles. The summed E-state index contributed by atoms with van der Waals surface area (Å²) < 4.78 is 40.9. The summed E-state index contributed by atoms with van der Waals surface area (Å²) in [6.07, 6.45) is -3.99. The van der Waals surface area contributed by atoms with Gasteiger partial charge in [0.05, 0.1) is 11.7 Å². The SMILES string of the molecule is O=C(Cn1ncc2ccccc21)N1CCC(C(=O)O)(C(F)(F)F)C1. The van der Waals surface area contributed by atoms with E-state index in [1.807, 2.05) is 0 Å². The number of aromatic nitrogens is 2. The fourth-order valence-electron chi connectivity index (χ4n) is 2.93. The number of halogens is 3. The van der Waals surface area contributed by atoms with Gasteiger partial charge in [0.2, 0.25) is 5.91 Å². The van der Waals surface area contributed by atoms with Crippen LogP contribution in [0.5, 0.6) is 0 Å². The van der Waals surface area contributed by atoms with Crippen molar-refractivity contribution in [3.05, 3.63) is 30.5 Å². The third-order valence-corrected chi connectivity index (χ3v) is 4.41. The molecule has 1 aliphatic rings. The molecule has 0 radical (unpaired) electrons. The van der Waals surface area contributed by atoms with Crippen LogP contribution in [0.15, 0.2) is 30.5 Å². The second kappa shape index (κ2) is 5.50. The van der Waals surface area contributed by atoms with E-state index < -0.39 is 36.4 Å². The number of amides is 1. The Morgan fingerprint density at radius 3 is 2.62 bits per heavy atom. The van der Waals surface area contributed by atoms with Gasteiger partial charge in [0.1, 0.15) is 6.54 Å². The number of carbonyl (C=O) groups excluding carboxylic acids is 1. The highest BCUT2D eigenvalue weighted by atomic mass is 19.4. The summed E-state index contributed by atoms with van der Waals surface area (Å²) >= 11 is 0. The molecule has 1 aromatic heterocycles. The lowest BCUT2D eigenvalue weighted by molar-refractivity contribution is -0.227. The highest BCUT2D eigenvalue weighted by Gasteiger charge is 2.64. The topological polar surface area (TPSA) is 75.4 Å². The lowest BCUT2D eigenvalue weighted by Crippen LogP contribution is -2.48. The van der Waals surface area contributed by atoms with Crippen LogP contribution < -0.4 is 0 Å². The Balaban J connectivity index is 1.78. The van der Waals surface area contributed by atoms with Gasteiger partial charge in [0, 0.05) is 18.5 Å². The molecule has 0 spiro atoms.